The third-order valence-electron chi connectivity index (χ3n) is 1.99. The fourth-order valence-corrected chi connectivity index (χ4v) is 1.21. The molecule has 5 heteroatoms. The molecule has 2 atom stereocenters. The number of urea groups is 1. The minimum atomic E-state index is -0.0486. The van der Waals surface area contributed by atoms with Crippen LogP contribution in [0.3, 0.4) is 0 Å². The van der Waals surface area contributed by atoms with Crippen LogP contribution in [0.5, 0.6) is 0 Å². The molecular formula is C9H16N2O3. The van der Waals surface area contributed by atoms with Crippen molar-refractivity contribution < 1.29 is 14.3 Å². The third kappa shape index (κ3) is 3.64. The van der Waals surface area contributed by atoms with Crippen LogP contribution >= 0.6 is 0 Å². The van der Waals surface area contributed by atoms with E-state index in [9.17, 15) is 9.59 Å². The van der Waals surface area contributed by atoms with Gasteiger partial charge in [-0.2, -0.15) is 0 Å². The Balaban J connectivity index is 0.000000140. The van der Waals surface area contributed by atoms with Crippen molar-refractivity contribution in [3.8, 4) is 0 Å². The normalized spacial score (nSPS) is 29.9. The number of carbonyl (C=O) groups is 2. The average Bonchev–Trinajstić information content (AvgIpc) is 2.63. The van der Waals surface area contributed by atoms with Crippen LogP contribution in [-0.4, -0.2) is 31.2 Å². The van der Waals surface area contributed by atoms with Crippen molar-refractivity contribution in [2.24, 2.45) is 5.92 Å². The fraction of sp³-hybridized carbons (Fsp3) is 0.778. The van der Waals surface area contributed by atoms with Crippen molar-refractivity contribution in [2.75, 3.05) is 13.2 Å². The summed E-state index contributed by atoms with van der Waals surface area (Å²) in [5.74, 6) is 0.403. The third-order valence-corrected chi connectivity index (χ3v) is 1.99. The van der Waals surface area contributed by atoms with E-state index >= 15 is 0 Å². The van der Waals surface area contributed by atoms with Gasteiger partial charge in [-0.15, -0.1) is 0 Å². The quantitative estimate of drug-likeness (QED) is 0.551. The van der Waals surface area contributed by atoms with Gasteiger partial charge >= 0.3 is 12.0 Å². The van der Waals surface area contributed by atoms with Gasteiger partial charge in [-0.25, -0.2) is 4.79 Å². The van der Waals surface area contributed by atoms with Gasteiger partial charge in [0.15, 0.2) is 0 Å². The Hall–Kier alpha value is -1.26. The summed E-state index contributed by atoms with van der Waals surface area (Å²) in [5, 5.41) is 5.29. The summed E-state index contributed by atoms with van der Waals surface area (Å²) in [4.78, 5) is 20.5. The number of nitrogens with one attached hydrogen (secondary N) is 2. The zero-order chi connectivity index (χ0) is 10.6. The van der Waals surface area contributed by atoms with Gasteiger partial charge in [-0.3, -0.25) is 4.79 Å². The molecule has 2 saturated heterocycles. The zero-order valence-electron chi connectivity index (χ0n) is 8.50. The molecule has 2 heterocycles. The van der Waals surface area contributed by atoms with Gasteiger partial charge in [0.25, 0.3) is 0 Å². The van der Waals surface area contributed by atoms with E-state index in [1.807, 2.05) is 13.8 Å². The second kappa shape index (κ2) is 4.83. The Bertz CT molecular complexity index is 206. The number of rotatable bonds is 0. The van der Waals surface area contributed by atoms with E-state index in [2.05, 4.69) is 15.4 Å². The smallest absolute Gasteiger partial charge is 0.315 e. The summed E-state index contributed by atoms with van der Waals surface area (Å²) in [6.07, 6.45) is 0.611. The molecule has 2 aliphatic heterocycles. The summed E-state index contributed by atoms with van der Waals surface area (Å²) in [6, 6.07) is 0.264. The van der Waals surface area contributed by atoms with Gasteiger partial charge < -0.3 is 15.4 Å². The largest absolute Gasteiger partial charge is 0.465 e. The Morgan fingerprint density at radius 3 is 2.21 bits per heavy atom. The highest BCUT2D eigenvalue weighted by atomic mass is 16.5. The number of ether oxygens (including phenoxy) is 1. The maximum atomic E-state index is 10.2. The Kier molecular flexibility index (Phi) is 3.73. The van der Waals surface area contributed by atoms with E-state index in [0.717, 1.165) is 6.54 Å². The molecule has 5 nitrogen and oxygen atoms in total. The SMILES string of the molecule is CC1CNC(=O)N1.CC1COC(=O)C1. The molecule has 0 saturated carbocycles. The van der Waals surface area contributed by atoms with E-state index in [1.54, 1.807) is 0 Å². The van der Waals surface area contributed by atoms with Crippen molar-refractivity contribution in [3.05, 3.63) is 0 Å². The molecule has 80 valence electrons. The Labute approximate surface area is 83.2 Å². The molecule has 14 heavy (non-hydrogen) atoms. The Morgan fingerprint density at radius 2 is 2.07 bits per heavy atom. The number of esters is 1. The number of cyclic esters (lactones) is 1. The van der Waals surface area contributed by atoms with E-state index in [-0.39, 0.29) is 12.0 Å². The monoisotopic (exact) mass is 200 g/mol. The Morgan fingerprint density at radius 1 is 1.36 bits per heavy atom. The fourth-order valence-electron chi connectivity index (χ4n) is 1.21. The summed E-state index contributed by atoms with van der Waals surface area (Å²) < 4.78 is 4.63. The molecule has 2 fully saturated rings. The lowest BCUT2D eigenvalue weighted by Crippen LogP contribution is -2.23. The molecule has 0 aromatic carbocycles. The van der Waals surface area contributed by atoms with Crippen LogP contribution in [-0.2, 0) is 9.53 Å². The van der Waals surface area contributed by atoms with E-state index in [0.29, 0.717) is 25.0 Å². The molecule has 0 aromatic heterocycles. The molecular weight excluding hydrogens is 184 g/mol. The lowest BCUT2D eigenvalue weighted by atomic mass is 10.2. The maximum absolute atomic E-state index is 10.2. The van der Waals surface area contributed by atoms with Crippen molar-refractivity contribution in [1.82, 2.24) is 10.6 Å². The summed E-state index contributed by atoms with van der Waals surface area (Å²) >= 11 is 0. The van der Waals surface area contributed by atoms with Crippen LogP contribution in [0.15, 0.2) is 0 Å². The lowest BCUT2D eigenvalue weighted by Gasteiger charge is -1.92. The highest BCUT2D eigenvalue weighted by Gasteiger charge is 2.18. The van der Waals surface area contributed by atoms with Crippen molar-refractivity contribution in [2.45, 2.75) is 26.3 Å². The van der Waals surface area contributed by atoms with Gasteiger partial charge in [-0.05, 0) is 6.92 Å². The molecule has 2 rings (SSSR count). The number of hydrogen-bond donors (Lipinski definition) is 2. The zero-order valence-corrected chi connectivity index (χ0v) is 8.50. The van der Waals surface area contributed by atoms with E-state index in [1.165, 1.54) is 0 Å². The van der Waals surface area contributed by atoms with Crippen molar-refractivity contribution in [3.63, 3.8) is 0 Å². The standard InChI is InChI=1S/C5H8O2.C4H8N2O/c1-4-2-5(6)7-3-4;1-3-2-5-4(7)6-3/h4H,2-3H2,1H3;3H,2H2,1H3,(H2,5,6,7). The number of hydrogen-bond acceptors (Lipinski definition) is 3. The van der Waals surface area contributed by atoms with Crippen LogP contribution in [0.4, 0.5) is 4.79 Å². The minimum absolute atomic E-state index is 0.0486. The maximum Gasteiger partial charge on any atom is 0.315 e. The lowest BCUT2D eigenvalue weighted by molar-refractivity contribution is -0.137. The topological polar surface area (TPSA) is 67.4 Å². The number of amides is 2. The molecule has 0 aliphatic carbocycles. The highest BCUT2D eigenvalue weighted by Crippen LogP contribution is 2.11. The van der Waals surface area contributed by atoms with Crippen LogP contribution < -0.4 is 10.6 Å². The first-order valence-electron chi connectivity index (χ1n) is 4.78. The molecule has 0 aromatic rings. The first-order valence-corrected chi connectivity index (χ1v) is 4.78. The second-order valence-corrected chi connectivity index (χ2v) is 3.75. The highest BCUT2D eigenvalue weighted by molar-refractivity contribution is 5.76. The second-order valence-electron chi connectivity index (χ2n) is 3.75. The molecule has 0 radical (unpaired) electrons. The van der Waals surface area contributed by atoms with E-state index < -0.39 is 0 Å². The molecule has 0 spiro atoms. The summed E-state index contributed by atoms with van der Waals surface area (Å²) in [7, 11) is 0. The van der Waals surface area contributed by atoms with Crippen molar-refractivity contribution in [1.29, 1.82) is 0 Å². The van der Waals surface area contributed by atoms with Crippen LogP contribution in [0.2, 0.25) is 0 Å². The van der Waals surface area contributed by atoms with Gasteiger partial charge in [0.1, 0.15) is 0 Å². The molecule has 2 N–H and O–H groups in total. The molecule has 2 amide bonds. The summed E-state index contributed by atoms with van der Waals surface area (Å²) in [6.45, 7) is 5.35. The first-order chi connectivity index (χ1) is 6.58. The van der Waals surface area contributed by atoms with Crippen LogP contribution in [0.1, 0.15) is 20.3 Å². The first kappa shape index (κ1) is 10.8. The van der Waals surface area contributed by atoms with Gasteiger partial charge in [0.05, 0.1) is 13.0 Å². The average molecular weight is 200 g/mol. The molecule has 2 unspecified atom stereocenters. The summed E-state index contributed by atoms with van der Waals surface area (Å²) in [5.41, 5.74) is 0. The van der Waals surface area contributed by atoms with E-state index in [4.69, 9.17) is 0 Å². The number of carbonyl (C=O) groups excluding carboxylic acids is 2. The van der Waals surface area contributed by atoms with Gasteiger partial charge in [0, 0.05) is 18.5 Å². The molecule has 2 aliphatic rings. The van der Waals surface area contributed by atoms with Crippen LogP contribution in [0.25, 0.3) is 0 Å². The molecule has 0 bridgehead atoms. The van der Waals surface area contributed by atoms with Crippen molar-refractivity contribution >= 4 is 12.0 Å². The predicted molar refractivity (Wildman–Crippen MR) is 50.7 cm³/mol. The van der Waals surface area contributed by atoms with Crippen LogP contribution in [0, 0.1) is 5.92 Å². The predicted octanol–water partition coefficient (Wildman–Crippen LogP) is 0.257. The van der Waals surface area contributed by atoms with Gasteiger partial charge in [-0.1, -0.05) is 6.92 Å². The van der Waals surface area contributed by atoms with Gasteiger partial charge in [0.2, 0.25) is 0 Å². The minimum Gasteiger partial charge on any atom is -0.465 e.